The van der Waals surface area contributed by atoms with Gasteiger partial charge in [-0.15, -0.1) is 0 Å². The molecule has 4 bridgehead atoms. The van der Waals surface area contributed by atoms with Crippen LogP contribution in [0.3, 0.4) is 0 Å². The third-order valence-electron chi connectivity index (χ3n) is 7.87. The van der Waals surface area contributed by atoms with Gasteiger partial charge in [-0.2, -0.15) is 0 Å². The second-order valence-corrected chi connectivity index (χ2v) is 10.3. The van der Waals surface area contributed by atoms with E-state index in [1.165, 1.54) is 68.4 Å². The lowest BCUT2D eigenvalue weighted by Crippen LogP contribution is -2.48. The molecule has 4 fully saturated rings. The molecule has 6 rings (SSSR count). The molecule has 1 N–H and O–H groups in total. The van der Waals surface area contributed by atoms with Crippen molar-refractivity contribution in [3.05, 3.63) is 59.2 Å². The maximum atomic E-state index is 12.9. The predicted molar refractivity (Wildman–Crippen MR) is 128 cm³/mol. The quantitative estimate of drug-likeness (QED) is 0.220. The lowest BCUT2D eigenvalue weighted by molar-refractivity contribution is -0.0190. The molecule has 0 aliphatic heterocycles. The maximum absolute atomic E-state index is 12.9. The Bertz CT molecular complexity index is 1040. The molecule has 35 heavy (non-hydrogen) atoms. The third-order valence-corrected chi connectivity index (χ3v) is 7.87. The molecule has 0 spiro atoms. The van der Waals surface area contributed by atoms with Crippen molar-refractivity contribution < 1.29 is 33.6 Å². The molecule has 4 saturated carbocycles. The molecular formula is C28H32O7. The number of carboxylic acid groups (broad SMARTS) is 1. The van der Waals surface area contributed by atoms with Crippen LogP contribution in [0.4, 0.5) is 0 Å². The Morgan fingerprint density at radius 2 is 1.54 bits per heavy atom. The summed E-state index contributed by atoms with van der Waals surface area (Å²) in [4.78, 5) is 24.0. The van der Waals surface area contributed by atoms with Crippen LogP contribution < -0.4 is 9.47 Å². The summed E-state index contributed by atoms with van der Waals surface area (Å²) in [5.41, 5.74) is 1.79. The van der Waals surface area contributed by atoms with Crippen molar-refractivity contribution in [2.45, 2.75) is 43.9 Å². The van der Waals surface area contributed by atoms with Crippen LogP contribution in [0.5, 0.6) is 11.5 Å². The number of carbonyl (C=O) groups is 2. The zero-order valence-electron chi connectivity index (χ0n) is 20.0. The first-order valence-electron chi connectivity index (χ1n) is 12.4. The van der Waals surface area contributed by atoms with E-state index in [1.807, 2.05) is 12.1 Å². The van der Waals surface area contributed by atoms with Crippen LogP contribution in [0, 0.1) is 17.8 Å². The van der Waals surface area contributed by atoms with E-state index >= 15 is 0 Å². The molecular weight excluding hydrogens is 448 g/mol. The average molecular weight is 481 g/mol. The Kier molecular flexibility index (Phi) is 6.80. The van der Waals surface area contributed by atoms with E-state index < -0.39 is 11.9 Å². The van der Waals surface area contributed by atoms with Gasteiger partial charge in [0.05, 0.1) is 24.3 Å². The van der Waals surface area contributed by atoms with Crippen molar-refractivity contribution in [3.63, 3.8) is 0 Å². The van der Waals surface area contributed by atoms with Crippen molar-refractivity contribution in [1.29, 1.82) is 0 Å². The van der Waals surface area contributed by atoms with Crippen LogP contribution in [-0.4, -0.2) is 44.2 Å². The van der Waals surface area contributed by atoms with Crippen molar-refractivity contribution in [1.82, 2.24) is 0 Å². The first-order valence-corrected chi connectivity index (χ1v) is 12.4. The number of rotatable bonds is 10. The third kappa shape index (κ3) is 5.07. The molecule has 4 aliphatic rings. The molecule has 7 heteroatoms. The Hall–Kier alpha value is -2.90. The van der Waals surface area contributed by atoms with Crippen LogP contribution in [-0.2, 0) is 14.9 Å². The van der Waals surface area contributed by atoms with Gasteiger partial charge in [0, 0.05) is 12.7 Å². The monoisotopic (exact) mass is 480 g/mol. The van der Waals surface area contributed by atoms with E-state index in [0.717, 1.165) is 17.8 Å². The fourth-order valence-electron chi connectivity index (χ4n) is 6.79. The number of benzene rings is 2. The molecule has 0 aromatic heterocycles. The molecule has 0 radical (unpaired) electrons. The number of hydrogen-bond donors (Lipinski definition) is 1. The first-order chi connectivity index (χ1) is 17.0. The Balaban J connectivity index is 1.38. The van der Waals surface area contributed by atoms with E-state index in [4.69, 9.17) is 24.1 Å². The molecule has 2 aromatic carbocycles. The highest BCUT2D eigenvalue weighted by atomic mass is 16.7. The average Bonchev–Trinajstić information content (AvgIpc) is 2.83. The van der Waals surface area contributed by atoms with Gasteiger partial charge in [0.2, 0.25) is 0 Å². The zero-order valence-corrected chi connectivity index (χ0v) is 20.0. The molecule has 0 unspecified atom stereocenters. The van der Waals surface area contributed by atoms with E-state index in [-0.39, 0.29) is 23.5 Å². The summed E-state index contributed by atoms with van der Waals surface area (Å²) in [7, 11) is 1.62. The summed E-state index contributed by atoms with van der Waals surface area (Å²) in [5, 5.41) is 9.06. The minimum Gasteiger partial charge on any atom is -0.478 e. The van der Waals surface area contributed by atoms with Crippen molar-refractivity contribution in [2.24, 2.45) is 17.8 Å². The molecule has 0 atom stereocenters. The predicted octanol–water partition coefficient (Wildman–Crippen LogP) is 5.07. The minimum atomic E-state index is -1.03. The Labute approximate surface area is 205 Å². The van der Waals surface area contributed by atoms with E-state index in [1.54, 1.807) is 13.2 Å². The van der Waals surface area contributed by atoms with Gasteiger partial charge in [-0.1, -0.05) is 6.07 Å². The van der Waals surface area contributed by atoms with E-state index in [0.29, 0.717) is 24.5 Å². The normalized spacial score (nSPS) is 26.5. The first kappa shape index (κ1) is 23.8. The zero-order chi connectivity index (χ0) is 24.4. The fourth-order valence-corrected chi connectivity index (χ4v) is 6.79. The minimum absolute atomic E-state index is 0.0812. The summed E-state index contributed by atoms with van der Waals surface area (Å²) in [6.07, 6.45) is 7.58. The number of methoxy groups -OCH3 is 1. The van der Waals surface area contributed by atoms with Gasteiger partial charge in [-0.25, -0.2) is 9.59 Å². The van der Waals surface area contributed by atoms with Gasteiger partial charge in [0.25, 0.3) is 0 Å². The number of carboxylic acids is 1. The summed E-state index contributed by atoms with van der Waals surface area (Å²) in [6, 6.07) is 11.4. The van der Waals surface area contributed by atoms with Crippen molar-refractivity contribution >= 4 is 11.9 Å². The van der Waals surface area contributed by atoms with Crippen molar-refractivity contribution in [3.8, 4) is 11.5 Å². The molecule has 0 heterocycles. The van der Waals surface area contributed by atoms with Crippen LogP contribution >= 0.6 is 0 Å². The number of carbonyl (C=O) groups excluding carboxylic acids is 1. The van der Waals surface area contributed by atoms with Gasteiger partial charge >= 0.3 is 11.9 Å². The Morgan fingerprint density at radius 1 is 0.914 bits per heavy atom. The van der Waals surface area contributed by atoms with Crippen LogP contribution in [0.2, 0.25) is 0 Å². The second kappa shape index (κ2) is 9.99. The molecule has 4 aliphatic carbocycles. The lowest BCUT2D eigenvalue weighted by Gasteiger charge is -2.57. The van der Waals surface area contributed by atoms with Gasteiger partial charge < -0.3 is 24.1 Å². The fraction of sp³-hybridized carbons (Fsp3) is 0.500. The standard InChI is InChI=1S/C28H32O7/c1-32-8-9-33-17-34-25-13-22(27(31)35-23-5-2-21(3-6-23)26(29)30)4-7-24(25)28-14-18-10-19(15-28)12-20(11-18)16-28/h2-7,13,18-20H,8-12,14-17H2,1H3,(H,29,30). The van der Waals surface area contributed by atoms with Gasteiger partial charge in [-0.05, 0) is 98.1 Å². The summed E-state index contributed by atoms with van der Waals surface area (Å²) < 4.78 is 22.2. The van der Waals surface area contributed by atoms with Gasteiger partial charge in [0.1, 0.15) is 11.5 Å². The highest BCUT2D eigenvalue weighted by Crippen LogP contribution is 2.61. The largest absolute Gasteiger partial charge is 0.478 e. The second-order valence-electron chi connectivity index (χ2n) is 10.3. The molecule has 2 aromatic rings. The topological polar surface area (TPSA) is 91.3 Å². The van der Waals surface area contributed by atoms with Crippen LogP contribution in [0.15, 0.2) is 42.5 Å². The van der Waals surface area contributed by atoms with Crippen LogP contribution in [0.1, 0.15) is 64.8 Å². The van der Waals surface area contributed by atoms with Crippen LogP contribution in [0.25, 0.3) is 0 Å². The highest BCUT2D eigenvalue weighted by Gasteiger charge is 2.52. The molecule has 186 valence electrons. The number of ether oxygens (including phenoxy) is 4. The molecule has 7 nitrogen and oxygen atoms in total. The summed E-state index contributed by atoms with van der Waals surface area (Å²) in [5.74, 6) is 1.77. The number of aromatic carboxylic acids is 1. The van der Waals surface area contributed by atoms with Crippen molar-refractivity contribution in [2.75, 3.05) is 27.1 Å². The highest BCUT2D eigenvalue weighted by molar-refractivity contribution is 5.92. The number of esters is 1. The SMILES string of the molecule is COCCOCOc1cc(C(=O)Oc2ccc(C(=O)O)cc2)ccc1C12CC3CC(CC(C3)C1)C2. The molecule has 0 saturated heterocycles. The summed E-state index contributed by atoms with van der Waals surface area (Å²) >= 11 is 0. The Morgan fingerprint density at radius 3 is 2.14 bits per heavy atom. The smallest absolute Gasteiger partial charge is 0.343 e. The van der Waals surface area contributed by atoms with Gasteiger partial charge in [-0.3, -0.25) is 0 Å². The van der Waals surface area contributed by atoms with Gasteiger partial charge in [0.15, 0.2) is 6.79 Å². The summed E-state index contributed by atoms with van der Waals surface area (Å²) in [6.45, 7) is 0.993. The maximum Gasteiger partial charge on any atom is 0.343 e. The van der Waals surface area contributed by atoms with E-state index in [2.05, 4.69) is 0 Å². The van der Waals surface area contributed by atoms with E-state index in [9.17, 15) is 9.59 Å². The molecule has 0 amide bonds. The lowest BCUT2D eigenvalue weighted by atomic mass is 9.48. The number of hydrogen-bond acceptors (Lipinski definition) is 6.